The van der Waals surface area contributed by atoms with Gasteiger partial charge in [-0.05, 0) is 37.0 Å². The van der Waals surface area contributed by atoms with Gasteiger partial charge in [-0.2, -0.15) is 0 Å². The summed E-state index contributed by atoms with van der Waals surface area (Å²) in [5.41, 5.74) is 0.443. The van der Waals surface area contributed by atoms with E-state index >= 15 is 0 Å². The van der Waals surface area contributed by atoms with Crippen molar-refractivity contribution in [1.29, 1.82) is 0 Å². The fourth-order valence-electron chi connectivity index (χ4n) is 3.12. The van der Waals surface area contributed by atoms with Gasteiger partial charge >= 0.3 is 0 Å². The van der Waals surface area contributed by atoms with Gasteiger partial charge in [0.05, 0.1) is 31.2 Å². The SMILES string of the molecule is O=S(=O)(Cc1cccc(F)c1)NC1CCC2OCCOC2C1. The molecular weight excluding hydrogens is 309 g/mol. The fourth-order valence-corrected chi connectivity index (χ4v) is 4.54. The molecule has 3 unspecified atom stereocenters. The third-order valence-corrected chi connectivity index (χ3v) is 5.48. The second kappa shape index (κ2) is 6.62. The fraction of sp³-hybridized carbons (Fsp3) is 0.600. The molecule has 0 bridgehead atoms. The lowest BCUT2D eigenvalue weighted by Gasteiger charge is -2.38. The number of ether oxygens (including phenoxy) is 2. The van der Waals surface area contributed by atoms with Gasteiger partial charge in [0.2, 0.25) is 10.0 Å². The van der Waals surface area contributed by atoms with Crippen molar-refractivity contribution in [3.05, 3.63) is 35.6 Å². The predicted molar refractivity (Wildman–Crippen MR) is 79.3 cm³/mol. The van der Waals surface area contributed by atoms with E-state index in [0.717, 1.165) is 12.8 Å². The monoisotopic (exact) mass is 329 g/mol. The van der Waals surface area contributed by atoms with Crippen LogP contribution in [0.4, 0.5) is 4.39 Å². The molecule has 0 aromatic heterocycles. The molecule has 1 aliphatic carbocycles. The van der Waals surface area contributed by atoms with Crippen LogP contribution in [0.2, 0.25) is 0 Å². The summed E-state index contributed by atoms with van der Waals surface area (Å²) >= 11 is 0. The first kappa shape index (κ1) is 15.9. The molecule has 7 heteroatoms. The van der Waals surface area contributed by atoms with E-state index in [1.807, 2.05) is 0 Å². The molecule has 0 radical (unpaired) electrons. The van der Waals surface area contributed by atoms with E-state index in [2.05, 4.69) is 4.72 Å². The van der Waals surface area contributed by atoms with Gasteiger partial charge in [0, 0.05) is 6.04 Å². The Kier molecular flexibility index (Phi) is 4.77. The van der Waals surface area contributed by atoms with Crippen LogP contribution in [0.3, 0.4) is 0 Å². The van der Waals surface area contributed by atoms with Gasteiger partial charge in [-0.3, -0.25) is 0 Å². The molecule has 122 valence electrons. The zero-order valence-corrected chi connectivity index (χ0v) is 13.0. The van der Waals surface area contributed by atoms with Gasteiger partial charge in [0.15, 0.2) is 0 Å². The van der Waals surface area contributed by atoms with E-state index in [1.54, 1.807) is 6.07 Å². The van der Waals surface area contributed by atoms with Crippen molar-refractivity contribution in [2.75, 3.05) is 13.2 Å². The molecule has 1 saturated carbocycles. The van der Waals surface area contributed by atoms with Crippen molar-refractivity contribution in [2.45, 2.75) is 43.3 Å². The second-order valence-electron chi connectivity index (χ2n) is 5.84. The summed E-state index contributed by atoms with van der Waals surface area (Å²) in [6.07, 6.45) is 2.18. The zero-order valence-electron chi connectivity index (χ0n) is 12.2. The summed E-state index contributed by atoms with van der Waals surface area (Å²) in [7, 11) is -3.50. The minimum Gasteiger partial charge on any atom is -0.373 e. The van der Waals surface area contributed by atoms with Gasteiger partial charge in [-0.15, -0.1) is 0 Å². The van der Waals surface area contributed by atoms with Gasteiger partial charge in [0.1, 0.15) is 5.82 Å². The number of rotatable bonds is 4. The quantitative estimate of drug-likeness (QED) is 0.911. The van der Waals surface area contributed by atoms with Crippen LogP contribution in [-0.4, -0.2) is 39.9 Å². The standard InChI is InChI=1S/C15H20FNO4S/c16-12-3-1-2-11(8-12)10-22(18,19)17-13-4-5-14-15(9-13)21-7-6-20-14/h1-3,8,13-15,17H,4-7,9-10H2. The minimum absolute atomic E-state index is 0.0376. The Balaban J connectivity index is 1.59. The topological polar surface area (TPSA) is 64.6 Å². The number of hydrogen-bond donors (Lipinski definition) is 1. The van der Waals surface area contributed by atoms with Crippen LogP contribution in [-0.2, 0) is 25.2 Å². The highest BCUT2D eigenvalue weighted by Gasteiger charge is 2.35. The van der Waals surface area contributed by atoms with Crippen LogP contribution in [0, 0.1) is 5.82 Å². The van der Waals surface area contributed by atoms with Crippen LogP contribution in [0.1, 0.15) is 24.8 Å². The first-order valence-corrected chi connectivity index (χ1v) is 9.15. The Bertz CT molecular complexity index is 622. The van der Waals surface area contributed by atoms with Crippen molar-refractivity contribution in [3.63, 3.8) is 0 Å². The Morgan fingerprint density at radius 1 is 1.18 bits per heavy atom. The maximum Gasteiger partial charge on any atom is 0.216 e. The molecule has 1 heterocycles. The molecule has 1 aromatic rings. The van der Waals surface area contributed by atoms with Crippen LogP contribution in [0.15, 0.2) is 24.3 Å². The molecule has 1 saturated heterocycles. The van der Waals surface area contributed by atoms with Crippen molar-refractivity contribution >= 4 is 10.0 Å². The lowest BCUT2D eigenvalue weighted by atomic mass is 9.90. The van der Waals surface area contributed by atoms with Crippen molar-refractivity contribution < 1.29 is 22.3 Å². The Labute approximate surface area is 129 Å². The first-order chi connectivity index (χ1) is 10.5. The van der Waals surface area contributed by atoms with Gasteiger partial charge < -0.3 is 9.47 Å². The third-order valence-electron chi connectivity index (χ3n) is 4.07. The maximum absolute atomic E-state index is 13.1. The van der Waals surface area contributed by atoms with Gasteiger partial charge in [-0.25, -0.2) is 17.5 Å². The van der Waals surface area contributed by atoms with Gasteiger partial charge in [0.25, 0.3) is 0 Å². The normalized spacial score (nSPS) is 29.0. The smallest absolute Gasteiger partial charge is 0.216 e. The van der Waals surface area contributed by atoms with Gasteiger partial charge in [-0.1, -0.05) is 12.1 Å². The van der Waals surface area contributed by atoms with Crippen LogP contribution in [0.25, 0.3) is 0 Å². The Morgan fingerprint density at radius 3 is 2.73 bits per heavy atom. The van der Waals surface area contributed by atoms with E-state index in [1.165, 1.54) is 18.2 Å². The molecule has 22 heavy (non-hydrogen) atoms. The molecule has 5 nitrogen and oxygen atoms in total. The summed E-state index contributed by atoms with van der Waals surface area (Å²) in [6, 6.07) is 5.51. The summed E-state index contributed by atoms with van der Waals surface area (Å²) in [5.74, 6) is -0.645. The van der Waals surface area contributed by atoms with E-state index in [-0.39, 0.29) is 24.0 Å². The molecule has 0 spiro atoms. The highest BCUT2D eigenvalue weighted by atomic mass is 32.2. The molecule has 3 atom stereocenters. The molecule has 2 aliphatic rings. The molecule has 1 aromatic carbocycles. The zero-order chi connectivity index (χ0) is 15.6. The average Bonchev–Trinajstić information content (AvgIpc) is 2.46. The number of fused-ring (bicyclic) bond motifs is 1. The number of hydrogen-bond acceptors (Lipinski definition) is 4. The number of benzene rings is 1. The molecular formula is C15H20FNO4S. The van der Waals surface area contributed by atoms with E-state index in [9.17, 15) is 12.8 Å². The third kappa shape index (κ3) is 4.04. The number of halogens is 1. The first-order valence-electron chi connectivity index (χ1n) is 7.49. The van der Waals surface area contributed by atoms with Crippen molar-refractivity contribution in [2.24, 2.45) is 0 Å². The predicted octanol–water partition coefficient (Wildman–Crippen LogP) is 1.58. The molecule has 3 rings (SSSR count). The van der Waals surface area contributed by atoms with Crippen LogP contribution >= 0.6 is 0 Å². The Morgan fingerprint density at radius 2 is 1.95 bits per heavy atom. The summed E-state index contributed by atoms with van der Waals surface area (Å²) in [5, 5.41) is 0. The van der Waals surface area contributed by atoms with Crippen LogP contribution in [0.5, 0.6) is 0 Å². The molecule has 1 N–H and O–H groups in total. The molecule has 1 aliphatic heterocycles. The number of nitrogens with one attached hydrogen (secondary N) is 1. The largest absolute Gasteiger partial charge is 0.373 e. The maximum atomic E-state index is 13.1. The average molecular weight is 329 g/mol. The second-order valence-corrected chi connectivity index (χ2v) is 7.59. The van der Waals surface area contributed by atoms with E-state index < -0.39 is 15.8 Å². The minimum atomic E-state index is -3.50. The Hall–Kier alpha value is -1.02. The highest BCUT2D eigenvalue weighted by Crippen LogP contribution is 2.27. The highest BCUT2D eigenvalue weighted by molar-refractivity contribution is 7.88. The lowest BCUT2D eigenvalue weighted by molar-refractivity contribution is -0.156. The number of sulfonamides is 1. The lowest BCUT2D eigenvalue weighted by Crippen LogP contribution is -2.49. The summed E-state index contributed by atoms with van der Waals surface area (Å²) in [6.45, 7) is 1.17. The van der Waals surface area contributed by atoms with Crippen molar-refractivity contribution in [1.82, 2.24) is 4.72 Å². The summed E-state index contributed by atoms with van der Waals surface area (Å²) in [4.78, 5) is 0. The molecule has 0 amide bonds. The molecule has 2 fully saturated rings. The summed E-state index contributed by atoms with van der Waals surface area (Å²) < 4.78 is 51.6. The van der Waals surface area contributed by atoms with Crippen LogP contribution < -0.4 is 4.72 Å². The van der Waals surface area contributed by atoms with E-state index in [4.69, 9.17) is 9.47 Å². The van der Waals surface area contributed by atoms with Crippen molar-refractivity contribution in [3.8, 4) is 0 Å². The van der Waals surface area contributed by atoms with E-state index in [0.29, 0.717) is 25.2 Å².